The molecule has 1 N–H and O–H groups in total. The zero-order valence-electron chi connectivity index (χ0n) is 14.9. The molecule has 2 aromatic rings. The minimum Gasteiger partial charge on any atom is -0.480 e. The summed E-state index contributed by atoms with van der Waals surface area (Å²) in [5.41, 5.74) is 1.43. The molecular weight excluding hydrogens is 318 g/mol. The van der Waals surface area contributed by atoms with Crippen LogP contribution in [0.4, 0.5) is 10.5 Å². The highest BCUT2D eigenvalue weighted by atomic mass is 16.6. The highest BCUT2D eigenvalue weighted by Gasteiger charge is 2.32. The average Bonchev–Trinajstić information content (AvgIpc) is 2.54. The van der Waals surface area contributed by atoms with Crippen LogP contribution in [0.3, 0.4) is 0 Å². The Morgan fingerprint density at radius 2 is 1.56 bits per heavy atom. The van der Waals surface area contributed by atoms with E-state index in [-0.39, 0.29) is 0 Å². The molecule has 5 nitrogen and oxygen atoms in total. The van der Waals surface area contributed by atoms with E-state index in [1.54, 1.807) is 32.9 Å². The second-order valence-electron chi connectivity index (χ2n) is 6.75. The molecule has 2 aromatic carbocycles. The molecule has 0 radical (unpaired) electrons. The van der Waals surface area contributed by atoms with Crippen molar-refractivity contribution in [2.45, 2.75) is 39.3 Å². The van der Waals surface area contributed by atoms with Crippen molar-refractivity contribution in [2.75, 3.05) is 4.90 Å². The van der Waals surface area contributed by atoms with E-state index in [9.17, 15) is 14.7 Å². The summed E-state index contributed by atoms with van der Waals surface area (Å²) < 4.78 is 5.44. The van der Waals surface area contributed by atoms with Gasteiger partial charge in [0.05, 0.1) is 5.69 Å². The third kappa shape index (κ3) is 4.59. The molecule has 1 amide bonds. The Morgan fingerprint density at radius 3 is 2.12 bits per heavy atom. The lowest BCUT2D eigenvalue weighted by Gasteiger charge is -2.31. The summed E-state index contributed by atoms with van der Waals surface area (Å²) in [6.07, 6.45) is -0.689. The summed E-state index contributed by atoms with van der Waals surface area (Å²) in [4.78, 5) is 25.5. The Hall–Kier alpha value is -2.82. The van der Waals surface area contributed by atoms with Gasteiger partial charge < -0.3 is 9.84 Å². The maximum atomic E-state index is 12.7. The molecule has 25 heavy (non-hydrogen) atoms. The minimum atomic E-state index is -1.10. The van der Waals surface area contributed by atoms with Crippen LogP contribution in [0.1, 0.15) is 27.7 Å². The Labute approximate surface area is 147 Å². The van der Waals surface area contributed by atoms with Crippen LogP contribution in [0.25, 0.3) is 11.1 Å². The molecule has 0 aliphatic rings. The van der Waals surface area contributed by atoms with Gasteiger partial charge in [-0.1, -0.05) is 48.5 Å². The highest BCUT2D eigenvalue weighted by molar-refractivity contribution is 5.99. The van der Waals surface area contributed by atoms with Crippen LogP contribution in [0.15, 0.2) is 54.6 Å². The van der Waals surface area contributed by atoms with Gasteiger partial charge in [0.2, 0.25) is 0 Å². The molecule has 5 heteroatoms. The van der Waals surface area contributed by atoms with Crippen LogP contribution in [0.5, 0.6) is 0 Å². The lowest BCUT2D eigenvalue weighted by Crippen LogP contribution is -2.46. The summed E-state index contributed by atoms with van der Waals surface area (Å²) in [5.74, 6) is -1.10. The van der Waals surface area contributed by atoms with Crippen molar-refractivity contribution < 1.29 is 19.4 Å². The van der Waals surface area contributed by atoms with E-state index in [0.717, 1.165) is 11.1 Å². The van der Waals surface area contributed by atoms with Gasteiger partial charge in [0.1, 0.15) is 11.6 Å². The van der Waals surface area contributed by atoms with Crippen LogP contribution in [0, 0.1) is 0 Å². The Morgan fingerprint density at radius 1 is 1.00 bits per heavy atom. The topological polar surface area (TPSA) is 66.8 Å². The summed E-state index contributed by atoms with van der Waals surface area (Å²) in [5, 5.41) is 9.47. The van der Waals surface area contributed by atoms with Crippen LogP contribution >= 0.6 is 0 Å². The fraction of sp³-hybridized carbons (Fsp3) is 0.300. The second kappa shape index (κ2) is 7.38. The van der Waals surface area contributed by atoms with Crippen molar-refractivity contribution in [2.24, 2.45) is 0 Å². The number of anilines is 1. The number of rotatable bonds is 4. The largest absolute Gasteiger partial charge is 0.480 e. The number of hydrogen-bond donors (Lipinski definition) is 1. The number of carboxylic acid groups (broad SMARTS) is 1. The number of hydrogen-bond acceptors (Lipinski definition) is 3. The lowest BCUT2D eigenvalue weighted by atomic mass is 10.0. The Balaban J connectivity index is 2.55. The van der Waals surface area contributed by atoms with Crippen molar-refractivity contribution >= 4 is 17.7 Å². The van der Waals surface area contributed by atoms with Crippen molar-refractivity contribution in [3.05, 3.63) is 54.6 Å². The number of benzene rings is 2. The SMILES string of the molecule is CC(C(=O)O)N(C(=O)OC(C)(C)C)c1ccccc1-c1ccccc1. The average molecular weight is 341 g/mol. The zero-order valence-corrected chi connectivity index (χ0v) is 14.9. The molecule has 0 bridgehead atoms. The van der Waals surface area contributed by atoms with Crippen molar-refractivity contribution in [1.82, 2.24) is 0 Å². The summed E-state index contributed by atoms with van der Waals surface area (Å²) >= 11 is 0. The number of amides is 1. The molecule has 132 valence electrons. The molecule has 2 rings (SSSR count). The van der Waals surface area contributed by atoms with Crippen molar-refractivity contribution in [3.63, 3.8) is 0 Å². The zero-order chi connectivity index (χ0) is 18.6. The van der Waals surface area contributed by atoms with Gasteiger partial charge in [0, 0.05) is 5.56 Å². The first-order chi connectivity index (χ1) is 11.7. The van der Waals surface area contributed by atoms with E-state index in [2.05, 4.69) is 0 Å². The molecule has 0 fully saturated rings. The molecule has 1 unspecified atom stereocenters. The highest BCUT2D eigenvalue weighted by Crippen LogP contribution is 2.33. The molecule has 0 saturated heterocycles. The van der Waals surface area contributed by atoms with E-state index >= 15 is 0 Å². The third-order valence-corrected chi connectivity index (χ3v) is 3.58. The fourth-order valence-corrected chi connectivity index (χ4v) is 2.43. The summed E-state index contributed by atoms with van der Waals surface area (Å²) in [7, 11) is 0. The molecule has 0 saturated carbocycles. The van der Waals surface area contributed by atoms with E-state index < -0.39 is 23.7 Å². The molecule has 0 aromatic heterocycles. The molecule has 0 aliphatic carbocycles. The van der Waals surface area contributed by atoms with Gasteiger partial charge in [-0.3, -0.25) is 4.90 Å². The van der Waals surface area contributed by atoms with E-state index in [1.807, 2.05) is 42.5 Å². The van der Waals surface area contributed by atoms with Crippen LogP contribution in [0.2, 0.25) is 0 Å². The maximum absolute atomic E-state index is 12.7. The Kier molecular flexibility index (Phi) is 5.47. The molecule has 0 spiro atoms. The van der Waals surface area contributed by atoms with Crippen molar-refractivity contribution in [1.29, 1.82) is 0 Å². The number of carbonyl (C=O) groups excluding carboxylic acids is 1. The fourth-order valence-electron chi connectivity index (χ4n) is 2.43. The first-order valence-electron chi connectivity index (χ1n) is 8.10. The smallest absolute Gasteiger partial charge is 0.415 e. The normalized spacial score (nSPS) is 12.3. The van der Waals surface area contributed by atoms with Gasteiger partial charge in [-0.2, -0.15) is 0 Å². The first-order valence-corrected chi connectivity index (χ1v) is 8.10. The van der Waals surface area contributed by atoms with Gasteiger partial charge in [-0.25, -0.2) is 9.59 Å². The monoisotopic (exact) mass is 341 g/mol. The van der Waals surface area contributed by atoms with Crippen LogP contribution in [-0.2, 0) is 9.53 Å². The standard InChI is InChI=1S/C20H23NO4/c1-14(18(22)23)21(19(24)25-20(2,3)4)17-13-9-8-12-16(17)15-10-6-5-7-11-15/h5-14H,1-4H3,(H,22,23). The van der Waals surface area contributed by atoms with Gasteiger partial charge >= 0.3 is 12.1 Å². The molecule has 0 heterocycles. The third-order valence-electron chi connectivity index (χ3n) is 3.58. The quantitative estimate of drug-likeness (QED) is 0.885. The van der Waals surface area contributed by atoms with E-state index in [1.165, 1.54) is 11.8 Å². The predicted molar refractivity (Wildman–Crippen MR) is 97.7 cm³/mol. The van der Waals surface area contributed by atoms with Crippen molar-refractivity contribution in [3.8, 4) is 11.1 Å². The first kappa shape index (κ1) is 18.5. The number of carboxylic acids is 1. The van der Waals surface area contributed by atoms with Gasteiger partial charge in [0.25, 0.3) is 0 Å². The number of ether oxygens (including phenoxy) is 1. The van der Waals surface area contributed by atoms with Gasteiger partial charge in [0.15, 0.2) is 0 Å². The van der Waals surface area contributed by atoms with Gasteiger partial charge in [-0.15, -0.1) is 0 Å². The number of carbonyl (C=O) groups is 2. The minimum absolute atomic E-state index is 0.498. The molecular formula is C20H23NO4. The summed E-state index contributed by atoms with van der Waals surface area (Å²) in [6.45, 7) is 6.71. The lowest BCUT2D eigenvalue weighted by molar-refractivity contribution is -0.138. The number of nitrogens with zero attached hydrogens (tertiary/aromatic N) is 1. The molecule has 1 atom stereocenters. The Bertz CT molecular complexity index is 750. The second-order valence-corrected chi connectivity index (χ2v) is 6.75. The summed E-state index contributed by atoms with van der Waals surface area (Å²) in [6, 6.07) is 15.7. The van der Waals surface area contributed by atoms with Gasteiger partial charge in [-0.05, 0) is 39.3 Å². The van der Waals surface area contributed by atoms with E-state index in [0.29, 0.717) is 5.69 Å². The van der Waals surface area contributed by atoms with E-state index in [4.69, 9.17) is 4.74 Å². The van der Waals surface area contributed by atoms with Crippen LogP contribution in [-0.4, -0.2) is 28.8 Å². The van der Waals surface area contributed by atoms with Crippen LogP contribution < -0.4 is 4.90 Å². The number of aliphatic carboxylic acids is 1. The predicted octanol–water partition coefficient (Wildman–Crippen LogP) is 4.57. The number of para-hydroxylation sites is 1. The maximum Gasteiger partial charge on any atom is 0.415 e. The molecule has 0 aliphatic heterocycles.